The lowest BCUT2D eigenvalue weighted by Crippen LogP contribution is -2.99. The van der Waals surface area contributed by atoms with Crippen LogP contribution in [0.1, 0.15) is 0 Å². The van der Waals surface area contributed by atoms with E-state index in [4.69, 9.17) is 39.1 Å². The average molecular weight is 519 g/mol. The number of halogens is 2. The first-order valence-electron chi connectivity index (χ1n) is 10.8. The number of nitrogens with one attached hydrogen (secondary N) is 4. The van der Waals surface area contributed by atoms with E-state index in [1.54, 1.807) is 35.2 Å². The van der Waals surface area contributed by atoms with E-state index in [1.165, 1.54) is 6.07 Å². The minimum absolute atomic E-state index is 0.0463. The van der Waals surface area contributed by atoms with Crippen molar-refractivity contribution >= 4 is 57.9 Å². The summed E-state index contributed by atoms with van der Waals surface area (Å²) in [4.78, 5) is 23.0. The van der Waals surface area contributed by atoms with Crippen molar-refractivity contribution < 1.29 is 15.2 Å². The number of nitrogens with zero attached hydrogens (tertiary/aromatic N) is 3. The van der Waals surface area contributed by atoms with Crippen LogP contribution in [0.4, 0.5) is 28.8 Å². The molecule has 1 aliphatic rings. The minimum Gasteiger partial charge on any atom is -0.595 e. The third-order valence-electron chi connectivity index (χ3n) is 5.33. The smallest absolute Gasteiger partial charge is 0.241 e. The van der Waals surface area contributed by atoms with Crippen LogP contribution in [0.5, 0.6) is 0 Å². The van der Waals surface area contributed by atoms with Gasteiger partial charge in [0.15, 0.2) is 5.82 Å². The summed E-state index contributed by atoms with van der Waals surface area (Å²) in [5.74, 6) is 0.950. The molecule has 1 aromatic carbocycles. The van der Waals surface area contributed by atoms with Gasteiger partial charge in [-0.2, -0.15) is 5.23 Å². The third-order valence-corrected chi connectivity index (χ3v) is 5.88. The van der Waals surface area contributed by atoms with Crippen molar-refractivity contribution in [2.75, 3.05) is 54.0 Å². The van der Waals surface area contributed by atoms with Crippen molar-refractivity contribution in [3.8, 4) is 11.3 Å². The highest BCUT2D eigenvalue weighted by atomic mass is 35.5. The molecule has 7 N–H and O–H groups in total. The maximum absolute atomic E-state index is 12.5. The second-order valence-electron chi connectivity index (χ2n) is 7.70. The summed E-state index contributed by atoms with van der Waals surface area (Å²) in [5, 5.41) is 29.3. The molecule has 1 aliphatic heterocycles. The monoisotopic (exact) mass is 518 g/mol. The van der Waals surface area contributed by atoms with Crippen LogP contribution >= 0.6 is 23.2 Å². The maximum atomic E-state index is 12.5. The van der Waals surface area contributed by atoms with Crippen LogP contribution in [-0.2, 0) is 4.79 Å². The summed E-state index contributed by atoms with van der Waals surface area (Å²) >= 11 is 12.6. The zero-order chi connectivity index (χ0) is 24.9. The number of amides is 1. The molecule has 4 rings (SSSR count). The van der Waals surface area contributed by atoms with Gasteiger partial charge in [0.1, 0.15) is 11.6 Å². The molecular formula is C22H24Cl2N8O3. The molecule has 1 fully saturated rings. The second kappa shape index (κ2) is 11.0. The van der Waals surface area contributed by atoms with Crippen molar-refractivity contribution in [1.82, 2.24) is 15.3 Å². The molecule has 0 aliphatic carbocycles. The van der Waals surface area contributed by atoms with Crippen LogP contribution in [0, 0.1) is 5.21 Å². The Kier molecular flexibility index (Phi) is 7.86. The number of nitrogens with two attached hydrogens (primary N) is 1. The SMILES string of the molecule is Nc1nc(NCCNc2ccc(N3CCNCC3=O)c(-c3ccc(Cl)cc3Cl)n2)ccc1[NH+]([O-])O. The number of pyridine rings is 2. The number of carbonyl (C=O) groups is 1. The Bertz CT molecular complexity index is 1230. The number of rotatable bonds is 8. The molecule has 0 radical (unpaired) electrons. The molecule has 1 atom stereocenters. The average Bonchev–Trinajstić information content (AvgIpc) is 2.82. The highest BCUT2D eigenvalue weighted by Gasteiger charge is 2.24. The Balaban J connectivity index is 1.50. The normalized spacial score (nSPS) is 14.6. The topological polar surface area (TPSA) is 156 Å². The molecule has 35 heavy (non-hydrogen) atoms. The van der Waals surface area contributed by atoms with Crippen LogP contribution in [0.2, 0.25) is 10.0 Å². The van der Waals surface area contributed by atoms with E-state index in [9.17, 15) is 10.0 Å². The Morgan fingerprint density at radius 1 is 1.11 bits per heavy atom. The number of nitrogen functional groups attached to an aromatic ring is 1. The Hall–Kier alpha value is -3.19. The van der Waals surface area contributed by atoms with Gasteiger partial charge in [0, 0.05) is 42.8 Å². The number of piperazine rings is 1. The summed E-state index contributed by atoms with van der Waals surface area (Å²) in [5.41, 5.74) is 7.54. The lowest BCUT2D eigenvalue weighted by molar-refractivity contribution is -0.990. The first-order chi connectivity index (χ1) is 16.8. The first kappa shape index (κ1) is 24.9. The van der Waals surface area contributed by atoms with Gasteiger partial charge in [-0.1, -0.05) is 23.2 Å². The quantitative estimate of drug-likeness (QED) is 0.193. The van der Waals surface area contributed by atoms with Gasteiger partial charge in [0.25, 0.3) is 0 Å². The highest BCUT2D eigenvalue weighted by molar-refractivity contribution is 6.36. The fourth-order valence-electron chi connectivity index (χ4n) is 3.64. The lowest BCUT2D eigenvalue weighted by atomic mass is 10.1. The van der Waals surface area contributed by atoms with Crippen LogP contribution in [-0.4, -0.2) is 53.8 Å². The standard InChI is InChI=1S/C22H24Cl2N8O3/c23-13-1-2-14(15(24)11-13)21-16(31-10-9-26-12-20(31)33)3-5-18(29-21)27-7-8-28-19-6-4-17(32(34)35)22(25)30-19/h1-6,11,26,32,34H,7-10,12H2,(H,27,29)(H3,25,28,30). The largest absolute Gasteiger partial charge is 0.595 e. The molecule has 0 spiro atoms. The zero-order valence-electron chi connectivity index (χ0n) is 18.5. The van der Waals surface area contributed by atoms with Gasteiger partial charge in [-0.3, -0.25) is 4.79 Å². The molecule has 184 valence electrons. The summed E-state index contributed by atoms with van der Waals surface area (Å²) in [7, 11) is 0. The van der Waals surface area contributed by atoms with Crippen molar-refractivity contribution in [1.29, 1.82) is 0 Å². The molecule has 0 bridgehead atoms. The van der Waals surface area contributed by atoms with Gasteiger partial charge in [-0.05, 0) is 36.4 Å². The van der Waals surface area contributed by atoms with Gasteiger partial charge < -0.3 is 31.8 Å². The van der Waals surface area contributed by atoms with Gasteiger partial charge in [-0.15, -0.1) is 0 Å². The van der Waals surface area contributed by atoms with Crippen molar-refractivity contribution in [2.24, 2.45) is 0 Å². The van der Waals surface area contributed by atoms with E-state index in [0.717, 1.165) is 0 Å². The van der Waals surface area contributed by atoms with E-state index >= 15 is 0 Å². The van der Waals surface area contributed by atoms with Crippen LogP contribution in [0.3, 0.4) is 0 Å². The molecule has 1 saturated heterocycles. The predicted octanol–water partition coefficient (Wildman–Crippen LogP) is 1.90. The second-order valence-corrected chi connectivity index (χ2v) is 8.54. The number of aromatic nitrogens is 2. The number of hydrogen-bond donors (Lipinski definition) is 6. The highest BCUT2D eigenvalue weighted by Crippen LogP contribution is 2.36. The number of anilines is 4. The van der Waals surface area contributed by atoms with Crippen molar-refractivity contribution in [3.63, 3.8) is 0 Å². The predicted molar refractivity (Wildman–Crippen MR) is 136 cm³/mol. The molecule has 3 aromatic rings. The molecule has 11 nitrogen and oxygen atoms in total. The molecule has 1 unspecified atom stereocenters. The van der Waals surface area contributed by atoms with E-state index in [2.05, 4.69) is 20.9 Å². The van der Waals surface area contributed by atoms with Crippen LogP contribution in [0.15, 0.2) is 42.5 Å². The van der Waals surface area contributed by atoms with E-state index in [1.807, 2.05) is 6.07 Å². The Morgan fingerprint density at radius 2 is 1.83 bits per heavy atom. The zero-order valence-corrected chi connectivity index (χ0v) is 20.0. The Morgan fingerprint density at radius 3 is 2.49 bits per heavy atom. The first-order valence-corrected chi connectivity index (χ1v) is 11.5. The molecule has 13 heteroatoms. The van der Waals surface area contributed by atoms with E-state index in [0.29, 0.717) is 64.8 Å². The van der Waals surface area contributed by atoms with Crippen molar-refractivity contribution in [2.45, 2.75) is 0 Å². The molecule has 0 saturated carbocycles. The summed E-state index contributed by atoms with van der Waals surface area (Å²) in [6.45, 7) is 2.40. The molecule has 2 aromatic heterocycles. The third kappa shape index (κ3) is 5.90. The van der Waals surface area contributed by atoms with Crippen LogP contribution < -0.4 is 31.8 Å². The lowest BCUT2D eigenvalue weighted by Gasteiger charge is -2.29. The van der Waals surface area contributed by atoms with Crippen molar-refractivity contribution in [3.05, 3.63) is 57.7 Å². The molecule has 3 heterocycles. The number of quaternary nitrogens is 1. The summed E-state index contributed by atoms with van der Waals surface area (Å²) in [6, 6.07) is 11.8. The fourth-order valence-corrected chi connectivity index (χ4v) is 4.14. The summed E-state index contributed by atoms with van der Waals surface area (Å²) in [6.07, 6.45) is 0. The van der Waals surface area contributed by atoms with Gasteiger partial charge >= 0.3 is 0 Å². The number of hydrogen-bond acceptors (Lipinski definition) is 9. The van der Waals surface area contributed by atoms with Gasteiger partial charge in [0.2, 0.25) is 11.6 Å². The van der Waals surface area contributed by atoms with Gasteiger partial charge in [-0.25, -0.2) is 15.2 Å². The van der Waals surface area contributed by atoms with E-state index in [-0.39, 0.29) is 24.0 Å². The maximum Gasteiger partial charge on any atom is 0.241 e. The fraction of sp³-hybridized carbons (Fsp3) is 0.227. The number of benzene rings is 1. The Labute approximate surface area is 211 Å². The minimum atomic E-state index is -1.13. The van der Waals surface area contributed by atoms with Gasteiger partial charge in [0.05, 0.1) is 22.9 Å². The number of carbonyl (C=O) groups excluding carboxylic acids is 1. The molecule has 1 amide bonds. The van der Waals surface area contributed by atoms with E-state index < -0.39 is 5.23 Å². The van der Waals surface area contributed by atoms with Crippen LogP contribution in [0.25, 0.3) is 11.3 Å². The summed E-state index contributed by atoms with van der Waals surface area (Å²) < 4.78 is 0. The molecular weight excluding hydrogens is 495 g/mol.